The first kappa shape index (κ1) is 18.4. The third-order valence-electron chi connectivity index (χ3n) is 5.91. The molecule has 1 N–H and O–H groups in total. The molecule has 1 aliphatic heterocycles. The molecule has 146 valence electrons. The number of anilines is 1. The molecule has 2 fully saturated rings. The van der Waals surface area contributed by atoms with Gasteiger partial charge in [-0.05, 0) is 32.8 Å². The molecule has 3 heterocycles. The predicted octanol–water partition coefficient (Wildman–Crippen LogP) is 2.73. The highest BCUT2D eigenvalue weighted by Gasteiger charge is 2.38. The van der Waals surface area contributed by atoms with E-state index in [0.29, 0.717) is 0 Å². The minimum atomic E-state index is 0.206. The summed E-state index contributed by atoms with van der Waals surface area (Å²) in [5, 5.41) is 8.11. The van der Waals surface area contributed by atoms with Crippen LogP contribution >= 0.6 is 0 Å². The van der Waals surface area contributed by atoms with Crippen LogP contribution in [0, 0.1) is 13.8 Å². The van der Waals surface area contributed by atoms with Gasteiger partial charge in [-0.2, -0.15) is 5.10 Å². The van der Waals surface area contributed by atoms with Crippen LogP contribution in [0.4, 0.5) is 5.82 Å². The van der Waals surface area contributed by atoms with E-state index < -0.39 is 0 Å². The van der Waals surface area contributed by atoms with E-state index in [1.165, 1.54) is 32.1 Å². The standard InChI is InChI=1S/C20H30N6O/c1-16-12-17(2)26(24-16)19-14-21-13-18(23-19)22-15-20(6-4-3-5-7-20)25-8-10-27-11-9-25/h12-14H,3-11,15H2,1-2H3,(H,22,23). The Morgan fingerprint density at radius 1 is 1.11 bits per heavy atom. The molecule has 2 aliphatic rings. The van der Waals surface area contributed by atoms with Crippen molar-refractivity contribution in [1.82, 2.24) is 24.6 Å². The Kier molecular flexibility index (Phi) is 5.41. The van der Waals surface area contributed by atoms with E-state index in [0.717, 1.165) is 55.9 Å². The Balaban J connectivity index is 1.51. The van der Waals surface area contributed by atoms with Crippen molar-refractivity contribution in [2.45, 2.75) is 51.5 Å². The fraction of sp³-hybridized carbons (Fsp3) is 0.650. The Morgan fingerprint density at radius 2 is 1.89 bits per heavy atom. The molecule has 1 aliphatic carbocycles. The van der Waals surface area contributed by atoms with E-state index in [4.69, 9.17) is 9.72 Å². The lowest BCUT2D eigenvalue weighted by Gasteiger charge is -2.48. The van der Waals surface area contributed by atoms with Crippen molar-refractivity contribution in [3.63, 3.8) is 0 Å². The first-order chi connectivity index (χ1) is 13.2. The van der Waals surface area contributed by atoms with Gasteiger partial charge in [0.2, 0.25) is 0 Å². The molecule has 7 nitrogen and oxygen atoms in total. The van der Waals surface area contributed by atoms with Gasteiger partial charge < -0.3 is 10.1 Å². The van der Waals surface area contributed by atoms with Gasteiger partial charge in [0.1, 0.15) is 5.82 Å². The van der Waals surface area contributed by atoms with Crippen molar-refractivity contribution in [2.24, 2.45) is 0 Å². The molecule has 0 bridgehead atoms. The topological polar surface area (TPSA) is 68.1 Å². The minimum Gasteiger partial charge on any atom is -0.379 e. The average molecular weight is 371 g/mol. The summed E-state index contributed by atoms with van der Waals surface area (Å²) in [4.78, 5) is 11.8. The maximum Gasteiger partial charge on any atom is 0.174 e. The summed E-state index contributed by atoms with van der Waals surface area (Å²) in [7, 11) is 0. The normalized spacial score (nSPS) is 20.5. The summed E-state index contributed by atoms with van der Waals surface area (Å²) in [5.74, 6) is 1.58. The Hall–Kier alpha value is -1.99. The van der Waals surface area contributed by atoms with Crippen LogP contribution in [0.1, 0.15) is 43.5 Å². The number of hydrogen-bond donors (Lipinski definition) is 1. The van der Waals surface area contributed by atoms with Crippen molar-refractivity contribution < 1.29 is 4.74 Å². The number of aryl methyl sites for hydroxylation is 2. The fourth-order valence-corrected chi connectivity index (χ4v) is 4.51. The van der Waals surface area contributed by atoms with Crippen LogP contribution < -0.4 is 5.32 Å². The highest BCUT2D eigenvalue weighted by Crippen LogP contribution is 2.34. The zero-order valence-corrected chi connectivity index (χ0v) is 16.4. The molecule has 7 heteroatoms. The summed E-state index contributed by atoms with van der Waals surface area (Å²) in [6, 6.07) is 2.05. The molecule has 2 aromatic heterocycles. The van der Waals surface area contributed by atoms with Crippen molar-refractivity contribution in [2.75, 3.05) is 38.2 Å². The van der Waals surface area contributed by atoms with E-state index in [9.17, 15) is 0 Å². The van der Waals surface area contributed by atoms with Crippen LogP contribution in [-0.4, -0.2) is 63.0 Å². The van der Waals surface area contributed by atoms with Gasteiger partial charge in [-0.1, -0.05) is 19.3 Å². The molecule has 4 rings (SSSR count). The Bertz CT molecular complexity index is 762. The second kappa shape index (κ2) is 7.94. The number of hydrogen-bond acceptors (Lipinski definition) is 6. The molecule has 27 heavy (non-hydrogen) atoms. The molecule has 0 amide bonds. The largest absolute Gasteiger partial charge is 0.379 e. The third-order valence-corrected chi connectivity index (χ3v) is 5.91. The van der Waals surface area contributed by atoms with E-state index in [1.54, 1.807) is 6.20 Å². The number of rotatable bonds is 5. The first-order valence-electron chi connectivity index (χ1n) is 10.1. The highest BCUT2D eigenvalue weighted by atomic mass is 16.5. The molecule has 1 saturated carbocycles. The van der Waals surface area contributed by atoms with Gasteiger partial charge in [-0.3, -0.25) is 9.88 Å². The van der Waals surface area contributed by atoms with Gasteiger partial charge >= 0.3 is 0 Å². The van der Waals surface area contributed by atoms with Crippen molar-refractivity contribution in [3.05, 3.63) is 29.8 Å². The van der Waals surface area contributed by atoms with Crippen LogP contribution in [0.25, 0.3) is 5.82 Å². The summed E-state index contributed by atoms with van der Waals surface area (Å²) in [6.45, 7) is 8.68. The van der Waals surface area contributed by atoms with Gasteiger partial charge in [0, 0.05) is 30.9 Å². The van der Waals surface area contributed by atoms with Gasteiger partial charge in [0.15, 0.2) is 5.82 Å². The third kappa shape index (κ3) is 3.99. The second-order valence-corrected chi connectivity index (χ2v) is 7.84. The van der Waals surface area contributed by atoms with Crippen LogP contribution in [0.15, 0.2) is 18.5 Å². The number of morpholine rings is 1. The van der Waals surface area contributed by atoms with E-state index >= 15 is 0 Å². The lowest BCUT2D eigenvalue weighted by Crippen LogP contribution is -2.58. The molecule has 0 spiro atoms. The molecule has 2 aromatic rings. The van der Waals surface area contributed by atoms with Crippen LogP contribution in [-0.2, 0) is 4.74 Å². The molecule has 1 saturated heterocycles. The van der Waals surface area contributed by atoms with Crippen molar-refractivity contribution in [3.8, 4) is 5.82 Å². The van der Waals surface area contributed by atoms with E-state index in [-0.39, 0.29) is 5.54 Å². The fourth-order valence-electron chi connectivity index (χ4n) is 4.51. The monoisotopic (exact) mass is 370 g/mol. The SMILES string of the molecule is Cc1cc(C)n(-c2cncc(NCC3(N4CCOCC4)CCCCC3)n2)n1. The first-order valence-corrected chi connectivity index (χ1v) is 10.1. The summed E-state index contributed by atoms with van der Waals surface area (Å²) >= 11 is 0. The smallest absolute Gasteiger partial charge is 0.174 e. The quantitative estimate of drug-likeness (QED) is 0.873. The van der Waals surface area contributed by atoms with Gasteiger partial charge in [0.05, 0.1) is 31.3 Å². The molecule has 0 aromatic carbocycles. The summed E-state index contributed by atoms with van der Waals surface area (Å²) in [5.41, 5.74) is 2.26. The zero-order valence-electron chi connectivity index (χ0n) is 16.4. The molecular weight excluding hydrogens is 340 g/mol. The zero-order chi connectivity index (χ0) is 18.7. The van der Waals surface area contributed by atoms with Crippen LogP contribution in [0.3, 0.4) is 0 Å². The molecule has 0 unspecified atom stereocenters. The van der Waals surface area contributed by atoms with Crippen molar-refractivity contribution in [1.29, 1.82) is 0 Å². The highest BCUT2D eigenvalue weighted by molar-refractivity contribution is 5.37. The second-order valence-electron chi connectivity index (χ2n) is 7.84. The number of ether oxygens (including phenoxy) is 1. The minimum absolute atomic E-state index is 0.206. The maximum absolute atomic E-state index is 5.58. The van der Waals surface area contributed by atoms with Crippen LogP contribution in [0.2, 0.25) is 0 Å². The number of aromatic nitrogens is 4. The van der Waals surface area contributed by atoms with Gasteiger partial charge in [0.25, 0.3) is 0 Å². The number of nitrogens with zero attached hydrogens (tertiary/aromatic N) is 5. The van der Waals surface area contributed by atoms with Crippen molar-refractivity contribution >= 4 is 5.82 Å². The molecular formula is C20H30N6O. The van der Waals surface area contributed by atoms with E-state index in [2.05, 4.69) is 26.4 Å². The Labute approximate surface area is 161 Å². The maximum atomic E-state index is 5.58. The molecule has 0 atom stereocenters. The predicted molar refractivity (Wildman–Crippen MR) is 105 cm³/mol. The molecule has 0 radical (unpaired) electrons. The number of nitrogens with one attached hydrogen (secondary N) is 1. The lowest BCUT2D eigenvalue weighted by molar-refractivity contribution is -0.0318. The van der Waals surface area contributed by atoms with Gasteiger partial charge in [-0.15, -0.1) is 0 Å². The van der Waals surface area contributed by atoms with Crippen LogP contribution in [0.5, 0.6) is 0 Å². The van der Waals surface area contributed by atoms with E-state index in [1.807, 2.05) is 24.7 Å². The summed E-state index contributed by atoms with van der Waals surface area (Å²) < 4.78 is 7.44. The summed E-state index contributed by atoms with van der Waals surface area (Å²) in [6.07, 6.45) is 10.0. The Morgan fingerprint density at radius 3 is 2.59 bits per heavy atom. The average Bonchev–Trinajstić information content (AvgIpc) is 3.06. The lowest BCUT2D eigenvalue weighted by atomic mass is 9.79. The van der Waals surface area contributed by atoms with Gasteiger partial charge in [-0.25, -0.2) is 9.67 Å².